The maximum atomic E-state index is 12.5. The molecule has 0 aromatic heterocycles. The largest absolute Gasteiger partial charge is 0.480 e. The molecule has 0 unspecified atom stereocenters. The molecule has 8 heteroatoms. The normalized spacial score (nSPS) is 17.1. The van der Waals surface area contributed by atoms with Gasteiger partial charge in [0.15, 0.2) is 0 Å². The fourth-order valence-electron chi connectivity index (χ4n) is 2.02. The van der Waals surface area contributed by atoms with Gasteiger partial charge in [-0.05, 0) is 12.8 Å². The minimum atomic E-state index is -4.37. The lowest BCUT2D eigenvalue weighted by atomic mass is 10.1. The predicted molar refractivity (Wildman–Crippen MR) is 69.8 cm³/mol. The molecule has 0 spiro atoms. The molecule has 120 valence electrons. The number of rotatable bonds is 5. The van der Waals surface area contributed by atoms with E-state index in [9.17, 15) is 22.8 Å². The predicted octanol–water partition coefficient (Wildman–Crippen LogP) is 2.53. The standard InChI is InChI=1S/C13H19F3N2O3/c1-2-3-4-10(11(19)20)17-12(21)18-7-5-9(6-8-18)13(14,15)16/h5,10H,2-4,6-8H2,1H3,(H,17,21)(H,19,20)/t10-/m0/s1. The summed E-state index contributed by atoms with van der Waals surface area (Å²) in [7, 11) is 0. The van der Waals surface area contributed by atoms with Crippen molar-refractivity contribution in [3.63, 3.8) is 0 Å². The van der Waals surface area contributed by atoms with Crippen LogP contribution < -0.4 is 5.32 Å². The van der Waals surface area contributed by atoms with E-state index < -0.39 is 29.8 Å². The lowest BCUT2D eigenvalue weighted by molar-refractivity contribution is -0.139. The highest BCUT2D eigenvalue weighted by atomic mass is 19.4. The van der Waals surface area contributed by atoms with Gasteiger partial charge >= 0.3 is 18.2 Å². The summed E-state index contributed by atoms with van der Waals surface area (Å²) in [5.41, 5.74) is -0.646. The fourth-order valence-corrected chi connectivity index (χ4v) is 2.02. The van der Waals surface area contributed by atoms with Crippen LogP contribution in [0.15, 0.2) is 11.6 Å². The van der Waals surface area contributed by atoms with E-state index in [2.05, 4.69) is 5.32 Å². The Balaban J connectivity index is 2.57. The van der Waals surface area contributed by atoms with Gasteiger partial charge < -0.3 is 15.3 Å². The number of carboxylic acids is 1. The van der Waals surface area contributed by atoms with Gasteiger partial charge in [0, 0.05) is 18.7 Å². The van der Waals surface area contributed by atoms with Gasteiger partial charge in [-0.3, -0.25) is 0 Å². The van der Waals surface area contributed by atoms with Crippen molar-refractivity contribution in [3.05, 3.63) is 11.6 Å². The molecule has 0 aromatic rings. The van der Waals surface area contributed by atoms with Crippen LogP contribution in [-0.2, 0) is 4.79 Å². The summed E-state index contributed by atoms with van der Waals surface area (Å²) in [6.07, 6.45) is -1.94. The van der Waals surface area contributed by atoms with E-state index in [-0.39, 0.29) is 19.5 Å². The third-order valence-electron chi connectivity index (χ3n) is 3.30. The quantitative estimate of drug-likeness (QED) is 0.767. The second-order valence-electron chi connectivity index (χ2n) is 4.91. The molecule has 5 nitrogen and oxygen atoms in total. The Bertz CT molecular complexity index is 421. The van der Waals surface area contributed by atoms with Gasteiger partial charge in [0.1, 0.15) is 6.04 Å². The highest BCUT2D eigenvalue weighted by Gasteiger charge is 2.35. The van der Waals surface area contributed by atoms with Crippen molar-refractivity contribution in [2.75, 3.05) is 13.1 Å². The van der Waals surface area contributed by atoms with E-state index >= 15 is 0 Å². The third-order valence-corrected chi connectivity index (χ3v) is 3.30. The number of carboxylic acid groups (broad SMARTS) is 1. The first kappa shape index (κ1) is 17.3. The third kappa shape index (κ3) is 5.28. The van der Waals surface area contributed by atoms with E-state index in [4.69, 9.17) is 5.11 Å². The van der Waals surface area contributed by atoms with Gasteiger partial charge in [-0.25, -0.2) is 9.59 Å². The lowest BCUT2D eigenvalue weighted by Crippen LogP contribution is -2.49. The number of hydrogen-bond acceptors (Lipinski definition) is 2. The van der Waals surface area contributed by atoms with Crippen LogP contribution in [-0.4, -0.2) is 47.3 Å². The summed E-state index contributed by atoms with van der Waals surface area (Å²) in [5.74, 6) is -1.14. The van der Waals surface area contributed by atoms with Crippen LogP contribution in [0.1, 0.15) is 32.6 Å². The molecule has 0 radical (unpaired) electrons. The number of nitrogens with one attached hydrogen (secondary N) is 1. The number of carbonyl (C=O) groups excluding carboxylic acids is 1. The number of nitrogens with zero attached hydrogens (tertiary/aromatic N) is 1. The molecule has 2 amide bonds. The van der Waals surface area contributed by atoms with Gasteiger partial charge in [0.05, 0.1) is 0 Å². The summed E-state index contributed by atoms with van der Waals surface area (Å²) < 4.78 is 37.4. The summed E-state index contributed by atoms with van der Waals surface area (Å²) in [4.78, 5) is 24.1. The molecule has 0 fully saturated rings. The number of carbonyl (C=O) groups is 2. The molecular formula is C13H19F3N2O3. The smallest absolute Gasteiger partial charge is 0.412 e. The van der Waals surface area contributed by atoms with Crippen molar-refractivity contribution < 1.29 is 27.9 Å². The molecule has 1 atom stereocenters. The molecule has 0 aromatic carbocycles. The molecule has 1 aliphatic rings. The van der Waals surface area contributed by atoms with Crippen molar-refractivity contribution in [2.45, 2.75) is 44.8 Å². The Hall–Kier alpha value is -1.73. The maximum absolute atomic E-state index is 12.5. The molecule has 1 aliphatic heterocycles. The molecule has 0 aliphatic carbocycles. The highest BCUT2D eigenvalue weighted by molar-refractivity contribution is 5.82. The van der Waals surface area contributed by atoms with Gasteiger partial charge in [-0.15, -0.1) is 0 Å². The van der Waals surface area contributed by atoms with Gasteiger partial charge in [-0.2, -0.15) is 13.2 Å². The van der Waals surface area contributed by atoms with Crippen LogP contribution in [0.3, 0.4) is 0 Å². The first-order valence-corrected chi connectivity index (χ1v) is 6.80. The van der Waals surface area contributed by atoms with Crippen molar-refractivity contribution in [3.8, 4) is 0 Å². The zero-order valence-electron chi connectivity index (χ0n) is 11.7. The van der Waals surface area contributed by atoms with E-state index in [0.717, 1.165) is 12.5 Å². The highest BCUT2D eigenvalue weighted by Crippen LogP contribution is 2.30. The average molecular weight is 308 g/mol. The Labute approximate surface area is 120 Å². The number of alkyl halides is 3. The molecule has 2 N–H and O–H groups in total. The first-order valence-electron chi connectivity index (χ1n) is 6.80. The first-order chi connectivity index (χ1) is 9.75. The molecule has 1 rings (SSSR count). The number of hydrogen-bond donors (Lipinski definition) is 2. The summed E-state index contributed by atoms with van der Waals surface area (Å²) >= 11 is 0. The van der Waals surface area contributed by atoms with Crippen LogP contribution in [0.5, 0.6) is 0 Å². The van der Waals surface area contributed by atoms with Crippen LogP contribution in [0.2, 0.25) is 0 Å². The van der Waals surface area contributed by atoms with Crippen LogP contribution in [0, 0.1) is 0 Å². The molecule has 21 heavy (non-hydrogen) atoms. The van der Waals surface area contributed by atoms with Crippen LogP contribution in [0.4, 0.5) is 18.0 Å². The number of aliphatic carboxylic acids is 1. The Morgan fingerprint density at radius 3 is 2.57 bits per heavy atom. The van der Waals surface area contributed by atoms with Crippen LogP contribution in [0.25, 0.3) is 0 Å². The second kappa shape index (κ2) is 7.33. The van der Waals surface area contributed by atoms with Crippen molar-refractivity contribution >= 4 is 12.0 Å². The molecule has 0 bridgehead atoms. The van der Waals surface area contributed by atoms with E-state index in [1.807, 2.05) is 6.92 Å². The summed E-state index contributed by atoms with van der Waals surface area (Å²) in [6, 6.07) is -1.65. The summed E-state index contributed by atoms with van der Waals surface area (Å²) in [5, 5.41) is 11.4. The van der Waals surface area contributed by atoms with Crippen LogP contribution >= 0.6 is 0 Å². The van der Waals surface area contributed by atoms with E-state index in [0.29, 0.717) is 12.8 Å². The van der Waals surface area contributed by atoms with Crippen molar-refractivity contribution in [1.29, 1.82) is 0 Å². The van der Waals surface area contributed by atoms with Crippen molar-refractivity contribution in [1.82, 2.24) is 10.2 Å². The molecule has 0 saturated carbocycles. The maximum Gasteiger partial charge on any atom is 0.412 e. The topological polar surface area (TPSA) is 69.6 Å². The monoisotopic (exact) mass is 308 g/mol. The zero-order chi connectivity index (χ0) is 16.0. The number of halogens is 3. The van der Waals surface area contributed by atoms with Crippen molar-refractivity contribution in [2.24, 2.45) is 0 Å². The minimum absolute atomic E-state index is 0.0721. The Morgan fingerprint density at radius 2 is 2.14 bits per heavy atom. The Morgan fingerprint density at radius 1 is 1.48 bits per heavy atom. The zero-order valence-corrected chi connectivity index (χ0v) is 11.7. The minimum Gasteiger partial charge on any atom is -0.480 e. The van der Waals surface area contributed by atoms with Gasteiger partial charge in [0.25, 0.3) is 0 Å². The Kier molecular flexibility index (Phi) is 6.04. The number of urea groups is 1. The average Bonchev–Trinajstić information content (AvgIpc) is 2.42. The molecule has 1 heterocycles. The lowest BCUT2D eigenvalue weighted by Gasteiger charge is -2.28. The van der Waals surface area contributed by atoms with E-state index in [1.165, 1.54) is 4.90 Å². The second-order valence-corrected chi connectivity index (χ2v) is 4.91. The molecular weight excluding hydrogens is 289 g/mol. The molecule has 0 saturated heterocycles. The fraction of sp³-hybridized carbons (Fsp3) is 0.692. The van der Waals surface area contributed by atoms with Gasteiger partial charge in [0.2, 0.25) is 0 Å². The summed E-state index contributed by atoms with van der Waals surface area (Å²) in [6.45, 7) is 1.66. The van der Waals surface area contributed by atoms with Gasteiger partial charge in [-0.1, -0.05) is 25.8 Å². The SMILES string of the molecule is CCCC[C@H](NC(=O)N1CC=C(C(F)(F)F)CC1)C(=O)O. The number of amides is 2. The van der Waals surface area contributed by atoms with E-state index in [1.54, 1.807) is 0 Å². The number of unbranched alkanes of at least 4 members (excludes halogenated alkanes) is 1.